The van der Waals surface area contributed by atoms with E-state index in [-0.39, 0.29) is 0 Å². The molecule has 0 atom stereocenters. The van der Waals surface area contributed by atoms with Gasteiger partial charge in [-0.05, 0) is 35.8 Å². The van der Waals surface area contributed by atoms with E-state index in [1.807, 2.05) is 24.3 Å². The minimum absolute atomic E-state index is 0.686. The second-order valence-corrected chi connectivity index (χ2v) is 3.45. The standard InChI is InChI=1S/C11H17N3O/c1-3-4-5-10-6-8-11(9-7-10)12-13-14(2)15/h6-9,15H,3-5H2,1-2H3. The molecule has 0 fully saturated rings. The highest BCUT2D eigenvalue weighted by Gasteiger charge is 1.93. The Morgan fingerprint density at radius 3 is 2.47 bits per heavy atom. The fraction of sp³-hybridized carbons (Fsp3) is 0.455. The van der Waals surface area contributed by atoms with Crippen molar-refractivity contribution in [1.82, 2.24) is 5.17 Å². The van der Waals surface area contributed by atoms with Crippen LogP contribution < -0.4 is 0 Å². The summed E-state index contributed by atoms with van der Waals surface area (Å²) in [6.45, 7) is 2.18. The minimum atomic E-state index is 0.686. The predicted octanol–water partition coefficient (Wildman–Crippen LogP) is 3.35. The van der Waals surface area contributed by atoms with Gasteiger partial charge in [0.25, 0.3) is 0 Å². The Hall–Kier alpha value is -1.42. The SMILES string of the molecule is CCCCc1ccc(N=NN(C)O)cc1. The van der Waals surface area contributed by atoms with Crippen molar-refractivity contribution in [2.45, 2.75) is 26.2 Å². The van der Waals surface area contributed by atoms with Crippen LogP contribution in [0.2, 0.25) is 0 Å². The molecule has 0 radical (unpaired) electrons. The molecular formula is C11H17N3O. The van der Waals surface area contributed by atoms with E-state index in [2.05, 4.69) is 17.3 Å². The lowest BCUT2D eigenvalue weighted by molar-refractivity contribution is -0.0707. The highest BCUT2D eigenvalue weighted by molar-refractivity contribution is 5.38. The van der Waals surface area contributed by atoms with Crippen LogP contribution in [0.15, 0.2) is 34.6 Å². The smallest absolute Gasteiger partial charge is 0.0875 e. The lowest BCUT2D eigenvalue weighted by Crippen LogP contribution is -2.00. The molecule has 0 bridgehead atoms. The Bertz CT molecular complexity index is 306. The molecule has 0 heterocycles. The van der Waals surface area contributed by atoms with Crippen LogP contribution >= 0.6 is 0 Å². The first kappa shape index (κ1) is 11.7. The van der Waals surface area contributed by atoms with Crippen molar-refractivity contribution in [3.05, 3.63) is 29.8 Å². The van der Waals surface area contributed by atoms with Gasteiger partial charge in [-0.25, -0.2) is 0 Å². The Labute approximate surface area is 90.2 Å². The van der Waals surface area contributed by atoms with Gasteiger partial charge in [-0.15, -0.1) is 5.11 Å². The molecular weight excluding hydrogens is 190 g/mol. The van der Waals surface area contributed by atoms with Gasteiger partial charge in [0.1, 0.15) is 0 Å². The minimum Gasteiger partial charge on any atom is -0.271 e. The molecule has 0 unspecified atom stereocenters. The van der Waals surface area contributed by atoms with Gasteiger partial charge < -0.3 is 0 Å². The van der Waals surface area contributed by atoms with E-state index in [4.69, 9.17) is 5.21 Å². The number of hydroxylamine groups is 1. The highest BCUT2D eigenvalue weighted by Crippen LogP contribution is 2.14. The molecule has 1 aromatic rings. The number of unbranched alkanes of at least 4 members (excludes halogenated alkanes) is 1. The Balaban J connectivity index is 2.56. The second-order valence-electron chi connectivity index (χ2n) is 3.45. The molecule has 0 aliphatic rings. The first-order valence-corrected chi connectivity index (χ1v) is 5.15. The number of aryl methyl sites for hydroxylation is 1. The van der Waals surface area contributed by atoms with Gasteiger partial charge in [0.05, 0.1) is 12.7 Å². The molecule has 0 amide bonds. The molecule has 1 aromatic carbocycles. The lowest BCUT2D eigenvalue weighted by atomic mass is 10.1. The Morgan fingerprint density at radius 1 is 1.27 bits per heavy atom. The van der Waals surface area contributed by atoms with Gasteiger partial charge in [0, 0.05) is 0 Å². The van der Waals surface area contributed by atoms with Crippen LogP contribution in [-0.4, -0.2) is 17.4 Å². The lowest BCUT2D eigenvalue weighted by Gasteiger charge is -2.01. The maximum Gasteiger partial charge on any atom is 0.0875 e. The zero-order valence-corrected chi connectivity index (χ0v) is 9.22. The van der Waals surface area contributed by atoms with Crippen LogP contribution in [0.3, 0.4) is 0 Å². The largest absolute Gasteiger partial charge is 0.271 e. The van der Waals surface area contributed by atoms with E-state index in [1.165, 1.54) is 25.5 Å². The number of rotatable bonds is 5. The van der Waals surface area contributed by atoms with Crippen molar-refractivity contribution >= 4 is 5.69 Å². The van der Waals surface area contributed by atoms with Crippen molar-refractivity contribution < 1.29 is 5.21 Å². The normalized spacial score (nSPS) is 10.9. The van der Waals surface area contributed by atoms with E-state index < -0.39 is 0 Å². The van der Waals surface area contributed by atoms with Gasteiger partial charge in [-0.2, -0.15) is 5.17 Å². The Morgan fingerprint density at radius 2 is 1.93 bits per heavy atom. The fourth-order valence-corrected chi connectivity index (χ4v) is 1.23. The number of benzene rings is 1. The molecule has 4 nitrogen and oxygen atoms in total. The van der Waals surface area contributed by atoms with Gasteiger partial charge in [0.15, 0.2) is 0 Å². The summed E-state index contributed by atoms with van der Waals surface area (Å²) in [4.78, 5) is 0. The number of hydrogen-bond donors (Lipinski definition) is 1. The molecule has 4 heteroatoms. The summed E-state index contributed by atoms with van der Waals surface area (Å²) >= 11 is 0. The zero-order valence-electron chi connectivity index (χ0n) is 9.22. The van der Waals surface area contributed by atoms with Crippen LogP contribution in [0, 0.1) is 0 Å². The van der Waals surface area contributed by atoms with Crippen LogP contribution in [0.1, 0.15) is 25.3 Å². The maximum absolute atomic E-state index is 8.76. The number of hydrogen-bond acceptors (Lipinski definition) is 3. The highest BCUT2D eigenvalue weighted by atomic mass is 16.5. The summed E-state index contributed by atoms with van der Waals surface area (Å²) in [6, 6.07) is 7.89. The third kappa shape index (κ3) is 4.56. The summed E-state index contributed by atoms with van der Waals surface area (Å²) < 4.78 is 0. The second kappa shape index (κ2) is 6.14. The summed E-state index contributed by atoms with van der Waals surface area (Å²) in [7, 11) is 1.42. The average molecular weight is 207 g/mol. The molecule has 0 aromatic heterocycles. The summed E-state index contributed by atoms with van der Waals surface area (Å²) in [5, 5.41) is 16.8. The van der Waals surface area contributed by atoms with E-state index in [1.54, 1.807) is 0 Å². The monoisotopic (exact) mass is 207 g/mol. The maximum atomic E-state index is 8.76. The topological polar surface area (TPSA) is 48.2 Å². The van der Waals surface area contributed by atoms with E-state index in [0.29, 0.717) is 5.17 Å². The molecule has 0 aliphatic carbocycles. The molecule has 0 spiro atoms. The fourth-order valence-electron chi connectivity index (χ4n) is 1.23. The van der Waals surface area contributed by atoms with Crippen LogP contribution in [-0.2, 0) is 6.42 Å². The molecule has 15 heavy (non-hydrogen) atoms. The van der Waals surface area contributed by atoms with Crippen molar-refractivity contribution in [2.24, 2.45) is 10.3 Å². The first-order valence-electron chi connectivity index (χ1n) is 5.15. The summed E-state index contributed by atoms with van der Waals surface area (Å²) in [6.07, 6.45) is 3.52. The third-order valence-corrected chi connectivity index (χ3v) is 2.04. The first-order chi connectivity index (χ1) is 7.22. The van der Waals surface area contributed by atoms with E-state index in [0.717, 1.165) is 12.1 Å². The molecule has 1 rings (SSSR count). The van der Waals surface area contributed by atoms with Crippen molar-refractivity contribution in [3.8, 4) is 0 Å². The van der Waals surface area contributed by atoms with Gasteiger partial charge in [0.2, 0.25) is 0 Å². The van der Waals surface area contributed by atoms with Gasteiger partial charge in [-0.1, -0.05) is 25.5 Å². The van der Waals surface area contributed by atoms with Crippen LogP contribution in [0.4, 0.5) is 5.69 Å². The Kier molecular flexibility index (Phi) is 4.77. The van der Waals surface area contributed by atoms with Crippen LogP contribution in [0.5, 0.6) is 0 Å². The van der Waals surface area contributed by atoms with E-state index >= 15 is 0 Å². The van der Waals surface area contributed by atoms with Crippen LogP contribution in [0.25, 0.3) is 0 Å². The molecule has 0 saturated carbocycles. The average Bonchev–Trinajstić information content (AvgIpc) is 2.25. The van der Waals surface area contributed by atoms with Crippen molar-refractivity contribution in [3.63, 3.8) is 0 Å². The molecule has 1 N–H and O–H groups in total. The predicted molar refractivity (Wildman–Crippen MR) is 59.1 cm³/mol. The summed E-state index contributed by atoms with van der Waals surface area (Å²) in [5.41, 5.74) is 2.06. The van der Waals surface area contributed by atoms with E-state index in [9.17, 15) is 0 Å². The van der Waals surface area contributed by atoms with Crippen molar-refractivity contribution in [1.29, 1.82) is 0 Å². The third-order valence-electron chi connectivity index (χ3n) is 2.04. The number of nitrogens with zero attached hydrogens (tertiary/aromatic N) is 3. The molecule has 82 valence electrons. The van der Waals surface area contributed by atoms with Crippen molar-refractivity contribution in [2.75, 3.05) is 7.05 Å². The van der Waals surface area contributed by atoms with Gasteiger partial charge >= 0.3 is 0 Å². The van der Waals surface area contributed by atoms with Gasteiger partial charge in [-0.3, -0.25) is 5.21 Å². The quantitative estimate of drug-likeness (QED) is 0.594. The molecule has 0 saturated heterocycles. The zero-order chi connectivity index (χ0) is 11.1. The molecule has 0 aliphatic heterocycles. The summed E-state index contributed by atoms with van der Waals surface area (Å²) in [5.74, 6) is 0.